The molecule has 0 rings (SSSR count). The van der Waals surface area contributed by atoms with Gasteiger partial charge in [-0.05, 0) is 0 Å². The van der Waals surface area contributed by atoms with Gasteiger partial charge in [0.2, 0.25) is 10.4 Å². The van der Waals surface area contributed by atoms with Crippen molar-refractivity contribution in [3.05, 3.63) is 0 Å². The van der Waals surface area contributed by atoms with E-state index in [-0.39, 0.29) is 22.4 Å². The summed E-state index contributed by atoms with van der Waals surface area (Å²) in [6, 6.07) is 0. The first-order valence-corrected chi connectivity index (χ1v) is 2.17. The van der Waals surface area contributed by atoms with Gasteiger partial charge in [-0.3, -0.25) is 0 Å². The maximum absolute atomic E-state index is 8.91. The summed E-state index contributed by atoms with van der Waals surface area (Å²) in [4.78, 5) is 0. The molecule has 0 aliphatic rings. The average molecular weight is 220 g/mol. The standard InChI is InChI=1S/Ag.H2O5S/c;1-5-6(2,3)4/h;1H,(H,2,3,4)/p-2. The Balaban J connectivity index is 0. The second kappa shape index (κ2) is 3.56. The Morgan fingerprint density at radius 3 is 1.57 bits per heavy atom. The fourth-order valence-corrected chi connectivity index (χ4v) is 0. The molecule has 0 bridgehead atoms. The van der Waals surface area contributed by atoms with Crippen molar-refractivity contribution in [1.29, 1.82) is 0 Å². The third kappa shape index (κ3) is 10.8. The van der Waals surface area contributed by atoms with Crippen LogP contribution in [-0.2, 0) is 37.1 Å². The van der Waals surface area contributed by atoms with Gasteiger partial charge in [-0.15, -0.1) is 0 Å². The molecule has 0 aliphatic carbocycles. The van der Waals surface area contributed by atoms with Gasteiger partial charge in [0.1, 0.15) is 0 Å². The van der Waals surface area contributed by atoms with Crippen LogP contribution in [0.1, 0.15) is 0 Å². The normalized spacial score (nSPS) is 10.0. The van der Waals surface area contributed by atoms with Gasteiger partial charge in [0, 0.05) is 22.4 Å². The van der Waals surface area contributed by atoms with Gasteiger partial charge in [-0.25, -0.2) is 8.42 Å². The Kier molecular flexibility index (Phi) is 5.35. The topological polar surface area (TPSA) is 89.5 Å². The fourth-order valence-electron chi connectivity index (χ4n) is 0. The second-order valence-corrected chi connectivity index (χ2v) is 1.43. The van der Waals surface area contributed by atoms with Crippen molar-refractivity contribution >= 4 is 10.4 Å². The maximum Gasteiger partial charge on any atom is 0.208 e. The summed E-state index contributed by atoms with van der Waals surface area (Å²) in [5.41, 5.74) is 0. The Labute approximate surface area is 55.7 Å². The maximum atomic E-state index is 8.91. The fraction of sp³-hybridized carbons (Fsp3) is 0. The predicted octanol–water partition coefficient (Wildman–Crippen LogP) is -2.26. The SMILES string of the molecule is O=S(=O)([O-])O[O-].[Ag]. The van der Waals surface area contributed by atoms with E-state index < -0.39 is 10.4 Å². The predicted molar refractivity (Wildman–Crippen MR) is 10.8 cm³/mol. The molecular formula is AgO5S-2. The molecule has 0 saturated heterocycles. The molecule has 49 valence electrons. The molecule has 0 heterocycles. The van der Waals surface area contributed by atoms with Gasteiger partial charge in [-0.2, -0.15) is 0 Å². The van der Waals surface area contributed by atoms with Crippen LogP contribution >= 0.6 is 0 Å². The van der Waals surface area contributed by atoms with Crippen LogP contribution in [0.15, 0.2) is 0 Å². The molecule has 0 aromatic carbocycles. The van der Waals surface area contributed by atoms with Crippen LogP contribution in [0.2, 0.25) is 0 Å². The average Bonchev–Trinajstić information content (AvgIpc) is 1.35. The van der Waals surface area contributed by atoms with Crippen LogP contribution in [0.5, 0.6) is 0 Å². The summed E-state index contributed by atoms with van der Waals surface area (Å²) in [5, 5.41) is 8.55. The number of rotatable bonds is 1. The minimum Gasteiger partial charge on any atom is -0.726 e. The van der Waals surface area contributed by atoms with Gasteiger partial charge in [0.15, 0.2) is 0 Å². The van der Waals surface area contributed by atoms with Gasteiger partial charge in [0.25, 0.3) is 0 Å². The van der Waals surface area contributed by atoms with Crippen molar-refractivity contribution in [3.8, 4) is 0 Å². The van der Waals surface area contributed by atoms with Crippen molar-refractivity contribution < 1.29 is 44.9 Å². The first-order valence-electron chi connectivity index (χ1n) is 0.833. The summed E-state index contributed by atoms with van der Waals surface area (Å²) >= 11 is 0. The summed E-state index contributed by atoms with van der Waals surface area (Å²) in [6.07, 6.45) is 0. The molecule has 0 aliphatic heterocycles. The van der Waals surface area contributed by atoms with Gasteiger partial charge >= 0.3 is 0 Å². The summed E-state index contributed by atoms with van der Waals surface area (Å²) in [7, 11) is -4.97. The molecule has 0 aromatic rings. The van der Waals surface area contributed by atoms with Crippen molar-refractivity contribution in [1.82, 2.24) is 0 Å². The minimum atomic E-state index is -4.97. The molecule has 0 amide bonds. The van der Waals surface area contributed by atoms with Crippen molar-refractivity contribution in [2.45, 2.75) is 0 Å². The molecule has 0 atom stereocenters. The molecule has 7 heteroatoms. The number of hydrogen-bond donors (Lipinski definition) is 0. The third-order valence-corrected chi connectivity index (χ3v) is 0.250. The van der Waals surface area contributed by atoms with E-state index in [1.807, 2.05) is 0 Å². The van der Waals surface area contributed by atoms with E-state index >= 15 is 0 Å². The first kappa shape index (κ1) is 10.5. The van der Waals surface area contributed by atoms with Gasteiger partial charge in [-0.1, -0.05) is 0 Å². The van der Waals surface area contributed by atoms with E-state index in [0.717, 1.165) is 0 Å². The molecule has 0 aromatic heterocycles. The van der Waals surface area contributed by atoms with E-state index in [4.69, 9.17) is 18.2 Å². The quantitative estimate of drug-likeness (QED) is 0.163. The molecule has 7 heavy (non-hydrogen) atoms. The molecular weight excluding hydrogens is 220 g/mol. The van der Waals surface area contributed by atoms with Crippen LogP contribution < -0.4 is 5.26 Å². The third-order valence-electron chi connectivity index (χ3n) is 0.0833. The van der Waals surface area contributed by atoms with Crippen molar-refractivity contribution in [2.75, 3.05) is 0 Å². The zero-order valence-corrected chi connectivity index (χ0v) is 5.05. The van der Waals surface area contributed by atoms with Crippen LogP contribution in [-0.4, -0.2) is 13.0 Å². The van der Waals surface area contributed by atoms with Crippen LogP contribution in [0.25, 0.3) is 0 Å². The van der Waals surface area contributed by atoms with E-state index in [1.54, 1.807) is 0 Å². The first-order chi connectivity index (χ1) is 2.56. The van der Waals surface area contributed by atoms with Gasteiger partial charge < -0.3 is 14.1 Å². The molecule has 0 saturated carbocycles. The zero-order chi connectivity index (χ0) is 5.21. The monoisotopic (exact) mass is 219 g/mol. The molecule has 0 spiro atoms. The van der Waals surface area contributed by atoms with Crippen molar-refractivity contribution in [3.63, 3.8) is 0 Å². The van der Waals surface area contributed by atoms with Gasteiger partial charge in [0.05, 0.1) is 0 Å². The zero-order valence-electron chi connectivity index (χ0n) is 2.75. The molecule has 5 nitrogen and oxygen atoms in total. The number of hydrogen-bond acceptors (Lipinski definition) is 5. The van der Waals surface area contributed by atoms with Crippen molar-refractivity contribution in [2.24, 2.45) is 0 Å². The Hall–Kier alpha value is 0.570. The molecule has 0 unspecified atom stereocenters. The Morgan fingerprint density at radius 1 is 1.43 bits per heavy atom. The van der Waals surface area contributed by atoms with Crippen LogP contribution in [0, 0.1) is 0 Å². The van der Waals surface area contributed by atoms with E-state index in [1.165, 1.54) is 0 Å². The van der Waals surface area contributed by atoms with E-state index in [0.29, 0.717) is 0 Å². The van der Waals surface area contributed by atoms with E-state index in [9.17, 15) is 0 Å². The summed E-state index contributed by atoms with van der Waals surface area (Å²) in [6.45, 7) is 0. The Bertz CT molecular complexity index is 110. The molecule has 0 N–H and O–H groups in total. The largest absolute Gasteiger partial charge is 0.726 e. The van der Waals surface area contributed by atoms with Crippen LogP contribution in [0.3, 0.4) is 0 Å². The smallest absolute Gasteiger partial charge is 0.208 e. The molecule has 1 radical (unpaired) electrons. The van der Waals surface area contributed by atoms with Crippen LogP contribution in [0.4, 0.5) is 0 Å². The molecule has 0 fully saturated rings. The minimum absolute atomic E-state index is 0. The second-order valence-electron chi connectivity index (χ2n) is 0.476. The summed E-state index contributed by atoms with van der Waals surface area (Å²) < 4.78 is 28.8. The Morgan fingerprint density at radius 2 is 1.57 bits per heavy atom. The summed E-state index contributed by atoms with van der Waals surface area (Å²) in [5.74, 6) is 0. The van der Waals surface area contributed by atoms with E-state index in [2.05, 4.69) is 4.33 Å².